The van der Waals surface area contributed by atoms with Gasteiger partial charge in [-0.25, -0.2) is 4.98 Å². The van der Waals surface area contributed by atoms with Gasteiger partial charge in [-0.15, -0.1) is 0 Å². The predicted molar refractivity (Wildman–Crippen MR) is 82.9 cm³/mol. The van der Waals surface area contributed by atoms with Crippen LogP contribution >= 0.6 is 0 Å². The van der Waals surface area contributed by atoms with Crippen LogP contribution in [-0.4, -0.2) is 45.5 Å². The number of nitrogens with zero attached hydrogens (tertiary/aromatic N) is 3. The first kappa shape index (κ1) is 13.8. The number of fused-ring (bicyclic) bond motifs is 2. The van der Waals surface area contributed by atoms with E-state index in [1.807, 2.05) is 40.6 Å². The summed E-state index contributed by atoms with van der Waals surface area (Å²) in [6.07, 6.45) is 4.57. The van der Waals surface area contributed by atoms with E-state index in [0.717, 1.165) is 37.3 Å². The highest BCUT2D eigenvalue weighted by Gasteiger charge is 2.39. The second-order valence-electron chi connectivity index (χ2n) is 6.50. The summed E-state index contributed by atoms with van der Waals surface area (Å²) < 4.78 is 7.82. The third-order valence-electron chi connectivity index (χ3n) is 4.90. The van der Waals surface area contributed by atoms with Gasteiger partial charge in [0.25, 0.3) is 5.91 Å². The van der Waals surface area contributed by atoms with E-state index in [2.05, 4.69) is 11.9 Å². The van der Waals surface area contributed by atoms with Crippen LogP contribution in [0.5, 0.6) is 0 Å². The summed E-state index contributed by atoms with van der Waals surface area (Å²) in [5.41, 5.74) is 2.33. The van der Waals surface area contributed by atoms with Crippen molar-refractivity contribution in [3.8, 4) is 0 Å². The largest absolute Gasteiger partial charge is 0.375 e. The first-order valence-electron chi connectivity index (χ1n) is 8.02. The zero-order chi connectivity index (χ0) is 15.3. The molecule has 2 saturated heterocycles. The molecule has 1 amide bonds. The van der Waals surface area contributed by atoms with Crippen molar-refractivity contribution < 1.29 is 9.53 Å². The molecule has 4 heterocycles. The van der Waals surface area contributed by atoms with E-state index in [-0.39, 0.29) is 5.91 Å². The van der Waals surface area contributed by atoms with E-state index in [0.29, 0.717) is 23.8 Å². The number of hydrogen-bond donors (Lipinski definition) is 0. The fourth-order valence-corrected chi connectivity index (χ4v) is 3.90. The Morgan fingerprint density at radius 2 is 2.27 bits per heavy atom. The molecule has 2 aliphatic rings. The molecule has 0 N–H and O–H groups in total. The van der Waals surface area contributed by atoms with Crippen molar-refractivity contribution in [2.24, 2.45) is 5.92 Å². The molecule has 2 fully saturated rings. The molecule has 0 radical (unpaired) electrons. The number of imidazole rings is 1. The second-order valence-corrected chi connectivity index (χ2v) is 6.50. The maximum absolute atomic E-state index is 13.0. The van der Waals surface area contributed by atoms with Crippen molar-refractivity contribution >= 4 is 11.6 Å². The second kappa shape index (κ2) is 5.09. The Morgan fingerprint density at radius 1 is 1.41 bits per heavy atom. The number of pyridine rings is 1. The van der Waals surface area contributed by atoms with Gasteiger partial charge < -0.3 is 9.64 Å². The van der Waals surface area contributed by atoms with Crippen molar-refractivity contribution in [1.82, 2.24) is 14.3 Å². The van der Waals surface area contributed by atoms with Gasteiger partial charge in [0.1, 0.15) is 11.3 Å². The number of likely N-dealkylation sites (tertiary alicyclic amines) is 1. The zero-order valence-corrected chi connectivity index (χ0v) is 13.0. The molecule has 3 atom stereocenters. The lowest BCUT2D eigenvalue weighted by atomic mass is 9.93. The van der Waals surface area contributed by atoms with E-state index >= 15 is 0 Å². The Labute approximate surface area is 129 Å². The number of aromatic nitrogens is 2. The van der Waals surface area contributed by atoms with Crippen LogP contribution in [0.15, 0.2) is 24.4 Å². The zero-order valence-electron chi connectivity index (χ0n) is 13.0. The summed E-state index contributed by atoms with van der Waals surface area (Å²) in [6.45, 7) is 5.60. The van der Waals surface area contributed by atoms with Crippen LogP contribution in [0.3, 0.4) is 0 Å². The molecule has 0 spiro atoms. The first-order valence-corrected chi connectivity index (χ1v) is 8.02. The summed E-state index contributed by atoms with van der Waals surface area (Å²) in [7, 11) is 0. The van der Waals surface area contributed by atoms with Gasteiger partial charge in [-0.05, 0) is 38.8 Å². The minimum atomic E-state index is 0.0919. The Balaban J connectivity index is 1.62. The van der Waals surface area contributed by atoms with Crippen molar-refractivity contribution in [1.29, 1.82) is 0 Å². The summed E-state index contributed by atoms with van der Waals surface area (Å²) >= 11 is 0. The molecule has 116 valence electrons. The maximum atomic E-state index is 13.0. The lowest BCUT2D eigenvalue weighted by Gasteiger charge is -2.34. The van der Waals surface area contributed by atoms with Crippen LogP contribution in [0, 0.1) is 12.8 Å². The van der Waals surface area contributed by atoms with Crippen molar-refractivity contribution in [3.05, 3.63) is 35.8 Å². The number of hydrogen-bond acceptors (Lipinski definition) is 3. The smallest absolute Gasteiger partial charge is 0.272 e. The molecule has 22 heavy (non-hydrogen) atoms. The predicted octanol–water partition coefficient (Wildman–Crippen LogP) is 2.28. The van der Waals surface area contributed by atoms with Gasteiger partial charge in [-0.3, -0.25) is 9.20 Å². The molecule has 5 nitrogen and oxygen atoms in total. The van der Waals surface area contributed by atoms with E-state index in [1.165, 1.54) is 0 Å². The molecular weight excluding hydrogens is 278 g/mol. The number of carbonyl (C=O) groups excluding carboxylic acids is 1. The maximum Gasteiger partial charge on any atom is 0.272 e. The van der Waals surface area contributed by atoms with Gasteiger partial charge in [0.05, 0.1) is 17.9 Å². The van der Waals surface area contributed by atoms with Crippen LogP contribution in [0.2, 0.25) is 0 Å². The Morgan fingerprint density at radius 3 is 3.14 bits per heavy atom. The molecule has 0 saturated carbocycles. The van der Waals surface area contributed by atoms with Crippen LogP contribution in [0.25, 0.3) is 5.65 Å². The normalized spacial score (nSPS) is 28.1. The highest BCUT2D eigenvalue weighted by Crippen LogP contribution is 2.33. The number of carbonyl (C=O) groups is 1. The summed E-state index contributed by atoms with van der Waals surface area (Å²) in [4.78, 5) is 19.5. The third-order valence-corrected chi connectivity index (χ3v) is 4.90. The van der Waals surface area contributed by atoms with Gasteiger partial charge >= 0.3 is 0 Å². The summed E-state index contributed by atoms with van der Waals surface area (Å²) in [5, 5.41) is 0. The number of rotatable bonds is 1. The molecule has 0 aromatic carbocycles. The first-order chi connectivity index (χ1) is 10.6. The molecule has 2 aromatic heterocycles. The van der Waals surface area contributed by atoms with Crippen LogP contribution in [0.1, 0.15) is 35.9 Å². The number of aryl methyl sites for hydroxylation is 1. The van der Waals surface area contributed by atoms with E-state index < -0.39 is 0 Å². The number of piperidine rings is 1. The van der Waals surface area contributed by atoms with Gasteiger partial charge in [-0.1, -0.05) is 6.07 Å². The fraction of sp³-hybridized carbons (Fsp3) is 0.529. The molecule has 0 bridgehead atoms. The van der Waals surface area contributed by atoms with Crippen molar-refractivity contribution in [2.75, 3.05) is 13.1 Å². The minimum Gasteiger partial charge on any atom is -0.375 e. The van der Waals surface area contributed by atoms with Crippen LogP contribution < -0.4 is 0 Å². The third kappa shape index (κ3) is 2.11. The molecule has 2 aromatic rings. The molecule has 5 heteroatoms. The average molecular weight is 299 g/mol. The van der Waals surface area contributed by atoms with Crippen molar-refractivity contribution in [3.63, 3.8) is 0 Å². The van der Waals surface area contributed by atoms with Crippen molar-refractivity contribution in [2.45, 2.75) is 38.9 Å². The Bertz CT molecular complexity index is 724. The molecule has 0 aliphatic carbocycles. The van der Waals surface area contributed by atoms with E-state index in [4.69, 9.17) is 4.74 Å². The molecule has 2 aliphatic heterocycles. The highest BCUT2D eigenvalue weighted by atomic mass is 16.5. The standard InChI is InChI=1S/C17H21N3O2/c1-11-9-13-10-19(8-6-14(13)22-11)17(21)16-12(2)18-15-5-3-4-7-20(15)16/h3-5,7,11,13-14H,6,8-10H2,1-2H3/t11-,13-,14-/m0/s1. The van der Waals surface area contributed by atoms with Gasteiger partial charge in [0.15, 0.2) is 0 Å². The molecule has 4 rings (SSSR count). The number of amides is 1. The topological polar surface area (TPSA) is 46.8 Å². The lowest BCUT2D eigenvalue weighted by Crippen LogP contribution is -2.44. The Hall–Kier alpha value is -1.88. The lowest BCUT2D eigenvalue weighted by molar-refractivity contribution is 0.00845. The summed E-state index contributed by atoms with van der Waals surface area (Å²) in [5.74, 6) is 0.571. The molecular formula is C17H21N3O2. The number of ether oxygens (including phenoxy) is 1. The Kier molecular flexibility index (Phi) is 3.18. The quantitative estimate of drug-likeness (QED) is 0.811. The molecule has 0 unspecified atom stereocenters. The summed E-state index contributed by atoms with van der Waals surface area (Å²) in [6, 6.07) is 5.81. The highest BCUT2D eigenvalue weighted by molar-refractivity contribution is 5.94. The minimum absolute atomic E-state index is 0.0919. The average Bonchev–Trinajstić information content (AvgIpc) is 3.03. The van der Waals surface area contributed by atoms with E-state index in [1.54, 1.807) is 0 Å². The van der Waals surface area contributed by atoms with Gasteiger partial charge in [-0.2, -0.15) is 0 Å². The van der Waals surface area contributed by atoms with E-state index in [9.17, 15) is 4.79 Å². The monoisotopic (exact) mass is 299 g/mol. The SMILES string of the molecule is Cc1nc2ccccn2c1C(=O)N1CC[C@@H]2O[C@@H](C)C[C@H]2C1. The van der Waals surface area contributed by atoms with Gasteiger partial charge in [0.2, 0.25) is 0 Å². The van der Waals surface area contributed by atoms with Crippen LogP contribution in [-0.2, 0) is 4.74 Å². The fourth-order valence-electron chi connectivity index (χ4n) is 3.90. The van der Waals surface area contributed by atoms with Gasteiger partial charge in [0, 0.05) is 25.2 Å². The van der Waals surface area contributed by atoms with Crippen LogP contribution in [0.4, 0.5) is 0 Å².